The second kappa shape index (κ2) is 5.93. The molecule has 0 aliphatic rings. The molecular formula is C14H15BrN2O2. The van der Waals surface area contributed by atoms with E-state index in [0.29, 0.717) is 5.75 Å². The monoisotopic (exact) mass is 322 g/mol. The minimum absolute atomic E-state index is 0.710. The lowest BCUT2D eigenvalue weighted by Crippen LogP contribution is -1.97. The van der Waals surface area contributed by atoms with Gasteiger partial charge in [-0.05, 0) is 46.6 Å². The van der Waals surface area contributed by atoms with Crippen LogP contribution in [-0.4, -0.2) is 19.2 Å². The van der Waals surface area contributed by atoms with Gasteiger partial charge in [0.25, 0.3) is 0 Å². The molecule has 0 atom stereocenters. The van der Waals surface area contributed by atoms with Crippen LogP contribution in [-0.2, 0) is 0 Å². The van der Waals surface area contributed by atoms with E-state index < -0.39 is 0 Å². The molecule has 0 aliphatic carbocycles. The summed E-state index contributed by atoms with van der Waals surface area (Å²) in [5, 5.41) is 3.23. The first-order valence-corrected chi connectivity index (χ1v) is 6.54. The average Bonchev–Trinajstić information content (AvgIpc) is 2.43. The molecule has 100 valence electrons. The van der Waals surface area contributed by atoms with E-state index in [1.165, 1.54) is 0 Å². The van der Waals surface area contributed by atoms with E-state index in [9.17, 15) is 0 Å². The molecule has 1 aromatic heterocycles. The zero-order chi connectivity index (χ0) is 13.8. The normalized spacial score (nSPS) is 10.1. The SMILES string of the molecule is COc1ccc(Nc2cc(C)c(Br)cn2)c(OC)c1. The molecular weight excluding hydrogens is 308 g/mol. The van der Waals surface area contributed by atoms with E-state index in [1.54, 1.807) is 20.4 Å². The Balaban J connectivity index is 2.29. The fourth-order valence-electron chi connectivity index (χ4n) is 1.65. The van der Waals surface area contributed by atoms with Gasteiger partial charge in [0.2, 0.25) is 0 Å². The molecule has 0 saturated carbocycles. The van der Waals surface area contributed by atoms with Crippen LogP contribution in [0.1, 0.15) is 5.56 Å². The molecule has 0 amide bonds. The van der Waals surface area contributed by atoms with Gasteiger partial charge in [0.15, 0.2) is 0 Å². The highest BCUT2D eigenvalue weighted by atomic mass is 79.9. The van der Waals surface area contributed by atoms with Crippen molar-refractivity contribution in [3.8, 4) is 11.5 Å². The molecule has 5 heteroatoms. The number of hydrogen-bond acceptors (Lipinski definition) is 4. The first-order chi connectivity index (χ1) is 9.13. The molecule has 0 saturated heterocycles. The third kappa shape index (κ3) is 3.17. The van der Waals surface area contributed by atoms with E-state index in [2.05, 4.69) is 26.2 Å². The molecule has 1 N–H and O–H groups in total. The van der Waals surface area contributed by atoms with Gasteiger partial charge in [-0.25, -0.2) is 4.98 Å². The Hall–Kier alpha value is -1.75. The van der Waals surface area contributed by atoms with Crippen molar-refractivity contribution in [3.63, 3.8) is 0 Å². The number of pyridine rings is 1. The molecule has 2 rings (SSSR count). The van der Waals surface area contributed by atoms with E-state index in [4.69, 9.17) is 9.47 Å². The Morgan fingerprint density at radius 1 is 1.16 bits per heavy atom. The first-order valence-electron chi connectivity index (χ1n) is 5.75. The summed E-state index contributed by atoms with van der Waals surface area (Å²) in [4.78, 5) is 4.31. The topological polar surface area (TPSA) is 43.4 Å². The molecule has 0 spiro atoms. The maximum atomic E-state index is 5.33. The Labute approximate surface area is 120 Å². The molecule has 4 nitrogen and oxygen atoms in total. The largest absolute Gasteiger partial charge is 0.497 e. The van der Waals surface area contributed by atoms with Gasteiger partial charge in [0, 0.05) is 16.7 Å². The molecule has 0 unspecified atom stereocenters. The average molecular weight is 323 g/mol. The van der Waals surface area contributed by atoms with E-state index in [1.807, 2.05) is 31.2 Å². The van der Waals surface area contributed by atoms with Gasteiger partial charge in [-0.3, -0.25) is 0 Å². The van der Waals surface area contributed by atoms with Crippen LogP contribution in [0.15, 0.2) is 34.9 Å². The predicted octanol–water partition coefficient (Wildman–Crippen LogP) is 3.91. The predicted molar refractivity (Wildman–Crippen MR) is 79.5 cm³/mol. The molecule has 0 fully saturated rings. The summed E-state index contributed by atoms with van der Waals surface area (Å²) in [5.41, 5.74) is 1.96. The van der Waals surface area contributed by atoms with Crippen LogP contribution in [0.5, 0.6) is 11.5 Å². The summed E-state index contributed by atoms with van der Waals surface area (Å²) in [6.45, 7) is 2.02. The van der Waals surface area contributed by atoms with Gasteiger partial charge in [-0.1, -0.05) is 0 Å². The molecule has 0 bridgehead atoms. The molecule has 19 heavy (non-hydrogen) atoms. The number of aryl methyl sites for hydroxylation is 1. The summed E-state index contributed by atoms with van der Waals surface area (Å²) in [5.74, 6) is 2.23. The fourth-order valence-corrected chi connectivity index (χ4v) is 1.86. The number of methoxy groups -OCH3 is 2. The highest BCUT2D eigenvalue weighted by Gasteiger charge is 2.06. The Kier molecular flexibility index (Phi) is 4.27. The molecule has 1 heterocycles. The highest BCUT2D eigenvalue weighted by molar-refractivity contribution is 9.10. The van der Waals surface area contributed by atoms with Gasteiger partial charge in [0.05, 0.1) is 19.9 Å². The third-order valence-corrected chi connectivity index (χ3v) is 3.55. The van der Waals surface area contributed by atoms with Crippen molar-refractivity contribution in [2.24, 2.45) is 0 Å². The maximum absolute atomic E-state index is 5.33. The van der Waals surface area contributed by atoms with Crippen LogP contribution in [0.2, 0.25) is 0 Å². The van der Waals surface area contributed by atoms with Crippen molar-refractivity contribution >= 4 is 27.4 Å². The number of anilines is 2. The third-order valence-electron chi connectivity index (χ3n) is 2.72. The molecule has 1 aromatic carbocycles. The van der Waals surface area contributed by atoms with Crippen molar-refractivity contribution in [2.45, 2.75) is 6.92 Å². The smallest absolute Gasteiger partial charge is 0.146 e. The van der Waals surface area contributed by atoms with Crippen LogP contribution in [0.25, 0.3) is 0 Å². The van der Waals surface area contributed by atoms with Crippen molar-refractivity contribution in [3.05, 3.63) is 40.5 Å². The van der Waals surface area contributed by atoms with Crippen molar-refractivity contribution in [2.75, 3.05) is 19.5 Å². The Morgan fingerprint density at radius 3 is 2.58 bits per heavy atom. The van der Waals surface area contributed by atoms with Crippen LogP contribution < -0.4 is 14.8 Å². The van der Waals surface area contributed by atoms with Crippen LogP contribution in [0.4, 0.5) is 11.5 Å². The minimum Gasteiger partial charge on any atom is -0.497 e. The van der Waals surface area contributed by atoms with Gasteiger partial charge >= 0.3 is 0 Å². The Bertz CT molecular complexity index is 588. The van der Waals surface area contributed by atoms with Crippen LogP contribution in [0.3, 0.4) is 0 Å². The number of ether oxygens (including phenoxy) is 2. The number of hydrogen-bond donors (Lipinski definition) is 1. The number of rotatable bonds is 4. The van der Waals surface area contributed by atoms with Crippen LogP contribution >= 0.6 is 15.9 Å². The van der Waals surface area contributed by atoms with E-state index in [-0.39, 0.29) is 0 Å². The first kappa shape index (κ1) is 13.7. The molecule has 2 aromatic rings. The quantitative estimate of drug-likeness (QED) is 0.926. The lowest BCUT2D eigenvalue weighted by molar-refractivity contribution is 0.395. The standard InChI is InChI=1S/C14H15BrN2O2/c1-9-6-14(16-8-11(9)15)17-12-5-4-10(18-2)7-13(12)19-3/h4-8H,1-3H3,(H,16,17). The summed E-state index contributed by atoms with van der Waals surface area (Å²) < 4.78 is 11.5. The van der Waals surface area contributed by atoms with Crippen molar-refractivity contribution in [1.29, 1.82) is 0 Å². The van der Waals surface area contributed by atoms with Crippen LogP contribution in [0, 0.1) is 6.92 Å². The number of halogens is 1. The van der Waals surface area contributed by atoms with Gasteiger partial charge in [-0.15, -0.1) is 0 Å². The fraction of sp³-hybridized carbons (Fsp3) is 0.214. The summed E-state index contributed by atoms with van der Waals surface area (Å²) >= 11 is 3.43. The molecule has 0 radical (unpaired) electrons. The van der Waals surface area contributed by atoms with Gasteiger partial charge in [0.1, 0.15) is 17.3 Å². The van der Waals surface area contributed by atoms with Crippen molar-refractivity contribution < 1.29 is 9.47 Å². The number of benzene rings is 1. The van der Waals surface area contributed by atoms with Gasteiger partial charge < -0.3 is 14.8 Å². The second-order valence-corrected chi connectivity index (χ2v) is 4.86. The lowest BCUT2D eigenvalue weighted by atomic mass is 10.2. The summed E-state index contributed by atoms with van der Waals surface area (Å²) in [7, 11) is 3.25. The Morgan fingerprint density at radius 2 is 1.95 bits per heavy atom. The minimum atomic E-state index is 0.710. The summed E-state index contributed by atoms with van der Waals surface area (Å²) in [6.07, 6.45) is 1.77. The highest BCUT2D eigenvalue weighted by Crippen LogP contribution is 2.31. The molecule has 0 aliphatic heterocycles. The summed E-state index contributed by atoms with van der Waals surface area (Å²) in [6, 6.07) is 7.56. The number of aromatic nitrogens is 1. The second-order valence-electron chi connectivity index (χ2n) is 4.01. The lowest BCUT2D eigenvalue weighted by Gasteiger charge is -2.12. The van der Waals surface area contributed by atoms with E-state index in [0.717, 1.165) is 27.3 Å². The van der Waals surface area contributed by atoms with Crippen molar-refractivity contribution in [1.82, 2.24) is 4.98 Å². The maximum Gasteiger partial charge on any atom is 0.146 e. The number of nitrogens with zero attached hydrogens (tertiary/aromatic N) is 1. The zero-order valence-electron chi connectivity index (χ0n) is 11.0. The number of nitrogens with one attached hydrogen (secondary N) is 1. The van der Waals surface area contributed by atoms with Gasteiger partial charge in [-0.2, -0.15) is 0 Å². The van der Waals surface area contributed by atoms with E-state index >= 15 is 0 Å². The zero-order valence-corrected chi connectivity index (χ0v) is 12.6.